The molecular formula is C44H71N9O4. The molecule has 2 aromatic carbocycles. The van der Waals surface area contributed by atoms with Crippen molar-refractivity contribution in [2.24, 2.45) is 5.73 Å². The van der Waals surface area contributed by atoms with E-state index in [0.717, 1.165) is 128 Å². The van der Waals surface area contributed by atoms with Crippen LogP contribution in [-0.2, 0) is 9.59 Å². The number of hydrogen-bond donors (Lipinski definition) is 4. The van der Waals surface area contributed by atoms with E-state index in [1.807, 2.05) is 36.4 Å². The average Bonchev–Trinajstić information content (AvgIpc) is 3.22. The lowest BCUT2D eigenvalue weighted by molar-refractivity contribution is -0.119. The van der Waals surface area contributed by atoms with Gasteiger partial charge in [0.1, 0.15) is 17.3 Å². The van der Waals surface area contributed by atoms with Gasteiger partial charge in [0, 0.05) is 97.9 Å². The van der Waals surface area contributed by atoms with Crippen molar-refractivity contribution >= 4 is 23.3 Å². The first kappa shape index (κ1) is 47.2. The second-order valence-corrected chi connectivity index (χ2v) is 15.1. The number of carbonyl (C=O) groups is 2. The Labute approximate surface area is 342 Å². The molecule has 5 N–H and O–H groups in total. The van der Waals surface area contributed by atoms with E-state index in [4.69, 9.17) is 27.2 Å². The van der Waals surface area contributed by atoms with Gasteiger partial charge in [-0.15, -0.1) is 0 Å². The monoisotopic (exact) mass is 790 g/mol. The van der Waals surface area contributed by atoms with Crippen molar-refractivity contribution in [3.05, 3.63) is 65.5 Å². The Balaban J connectivity index is 0.000000306. The molecule has 0 aliphatic carbocycles. The molecule has 57 heavy (non-hydrogen) atoms. The number of hydrogen-bond acceptors (Lipinski definition) is 9. The highest BCUT2D eigenvalue weighted by atomic mass is 16.5. The Morgan fingerprint density at radius 1 is 0.596 bits per heavy atom. The minimum atomic E-state index is 0.0674. The van der Waals surface area contributed by atoms with E-state index in [1.165, 1.54) is 51.6 Å². The molecule has 0 spiro atoms. The van der Waals surface area contributed by atoms with Gasteiger partial charge in [0.25, 0.3) is 0 Å². The molecule has 2 aliphatic rings. The summed E-state index contributed by atoms with van der Waals surface area (Å²) >= 11 is 0. The Morgan fingerprint density at radius 2 is 0.947 bits per heavy atom. The summed E-state index contributed by atoms with van der Waals surface area (Å²) in [5.74, 6) is 1.89. The summed E-state index contributed by atoms with van der Waals surface area (Å²) in [7, 11) is 0. The van der Waals surface area contributed by atoms with Crippen molar-refractivity contribution < 1.29 is 19.1 Å². The van der Waals surface area contributed by atoms with E-state index in [1.54, 1.807) is 26.0 Å². The Hall–Kier alpha value is -4.22. The number of nitrogens with one attached hydrogen (secondary N) is 3. The molecule has 2 fully saturated rings. The molecule has 2 aliphatic heterocycles. The summed E-state index contributed by atoms with van der Waals surface area (Å²) in [6.07, 6.45) is 11.6. The van der Waals surface area contributed by atoms with Crippen LogP contribution in [-0.4, -0.2) is 142 Å². The zero-order valence-electron chi connectivity index (χ0n) is 34.9. The zero-order chi connectivity index (χ0) is 40.9. The van der Waals surface area contributed by atoms with E-state index in [-0.39, 0.29) is 17.6 Å². The first-order valence-corrected chi connectivity index (χ1v) is 21.3. The number of ether oxygens (including phenoxy) is 2. The maximum absolute atomic E-state index is 10.8. The third kappa shape index (κ3) is 22.3. The highest BCUT2D eigenvalue weighted by molar-refractivity contribution is 5.94. The number of nitrogen functional groups attached to an aromatic ring is 1. The van der Waals surface area contributed by atoms with Gasteiger partial charge in [-0.25, -0.2) is 4.85 Å². The minimum absolute atomic E-state index is 0.0674. The lowest BCUT2D eigenvalue weighted by atomic mass is 10.1. The van der Waals surface area contributed by atoms with Crippen LogP contribution in [0.5, 0.6) is 11.5 Å². The Morgan fingerprint density at radius 3 is 1.30 bits per heavy atom. The van der Waals surface area contributed by atoms with Crippen molar-refractivity contribution in [2.75, 3.05) is 105 Å². The Bertz CT molecular complexity index is 1440. The van der Waals surface area contributed by atoms with Crippen LogP contribution in [0.1, 0.15) is 83.6 Å². The van der Waals surface area contributed by atoms with Crippen LogP contribution in [0.3, 0.4) is 0 Å². The maximum Gasteiger partial charge on any atom is 0.216 e. The first-order chi connectivity index (χ1) is 27.7. The molecule has 0 bridgehead atoms. The van der Waals surface area contributed by atoms with Gasteiger partial charge in [-0.2, -0.15) is 0 Å². The molecule has 0 aromatic heterocycles. The van der Waals surface area contributed by atoms with Crippen LogP contribution in [0.25, 0.3) is 4.85 Å². The van der Waals surface area contributed by atoms with Gasteiger partial charge < -0.3 is 45.4 Å². The standard InChI is InChI=1S/C22H37N5O2.C22H34N4O2/c1-19(28)25-11-4-2-3-5-12-26-14-16-27(17-15-26)13-6-18-29-21-9-7-20(8-10-21)22(23)24;1-20(27)24-12-5-3-4-6-13-25-15-17-26(18-16-25)14-7-19-28-22-10-8-21(23-2)9-11-22/h7-10H,2-6,11-18H2,1H3,(H3,23,24)(H,25,28);8-11H,3-7,12-19H2,1H3,(H,24,27). The number of carbonyl (C=O) groups excluding carboxylic acids is 2. The molecule has 316 valence electrons. The fourth-order valence-corrected chi connectivity index (χ4v) is 6.93. The molecular weight excluding hydrogens is 719 g/mol. The molecule has 13 heteroatoms. The number of nitrogens with two attached hydrogens (primary N) is 1. The number of amidine groups is 1. The van der Waals surface area contributed by atoms with Crippen molar-refractivity contribution in [3.63, 3.8) is 0 Å². The van der Waals surface area contributed by atoms with E-state index < -0.39 is 0 Å². The second-order valence-electron chi connectivity index (χ2n) is 15.1. The summed E-state index contributed by atoms with van der Waals surface area (Å²) in [4.78, 5) is 35.2. The quantitative estimate of drug-likeness (QED) is 0.0452. The van der Waals surface area contributed by atoms with Gasteiger partial charge in [-0.3, -0.25) is 15.0 Å². The topological polar surface area (TPSA) is 144 Å². The van der Waals surface area contributed by atoms with Gasteiger partial charge >= 0.3 is 0 Å². The second kappa shape index (κ2) is 29.1. The molecule has 0 radical (unpaired) electrons. The van der Waals surface area contributed by atoms with Crippen LogP contribution in [0.15, 0.2) is 48.5 Å². The van der Waals surface area contributed by atoms with Crippen molar-refractivity contribution in [1.29, 1.82) is 5.41 Å². The summed E-state index contributed by atoms with van der Waals surface area (Å²) in [6.45, 7) is 26.8. The van der Waals surface area contributed by atoms with E-state index in [0.29, 0.717) is 12.3 Å². The normalized spacial score (nSPS) is 15.2. The number of amides is 2. The fourth-order valence-electron chi connectivity index (χ4n) is 6.93. The van der Waals surface area contributed by atoms with Gasteiger partial charge in [0.15, 0.2) is 5.69 Å². The van der Waals surface area contributed by atoms with Crippen LogP contribution in [0.4, 0.5) is 5.69 Å². The van der Waals surface area contributed by atoms with E-state index >= 15 is 0 Å². The Kier molecular flexibility index (Phi) is 24.0. The third-order valence-corrected chi connectivity index (χ3v) is 10.4. The largest absolute Gasteiger partial charge is 0.494 e. The van der Waals surface area contributed by atoms with Crippen LogP contribution < -0.4 is 25.8 Å². The predicted octanol–water partition coefficient (Wildman–Crippen LogP) is 5.37. The summed E-state index contributed by atoms with van der Waals surface area (Å²) < 4.78 is 11.5. The SMILES string of the molecule is CC(=O)NCCCCCCN1CCN(CCCOc2ccc(C(=N)N)cc2)CC1.[C-]#[N+]c1ccc(OCCCN2CCN(CCCCCCNC(C)=O)CC2)cc1. The zero-order valence-corrected chi connectivity index (χ0v) is 34.9. The molecule has 0 atom stereocenters. The lowest BCUT2D eigenvalue weighted by Gasteiger charge is -2.34. The summed E-state index contributed by atoms with van der Waals surface area (Å²) in [6, 6.07) is 14.7. The molecule has 2 heterocycles. The molecule has 4 rings (SSSR count). The molecule has 13 nitrogen and oxygen atoms in total. The van der Waals surface area contributed by atoms with Gasteiger partial charge in [0.05, 0.1) is 19.8 Å². The molecule has 0 unspecified atom stereocenters. The lowest BCUT2D eigenvalue weighted by Crippen LogP contribution is -2.46. The van der Waals surface area contributed by atoms with Crippen molar-refractivity contribution in [1.82, 2.24) is 30.2 Å². The fraction of sp³-hybridized carbons (Fsp3) is 0.636. The highest BCUT2D eigenvalue weighted by Crippen LogP contribution is 2.18. The number of unbranched alkanes of at least 4 members (excludes halogenated alkanes) is 6. The van der Waals surface area contributed by atoms with Crippen molar-refractivity contribution in [2.45, 2.75) is 78.1 Å². The number of nitrogens with zero attached hydrogens (tertiary/aromatic N) is 5. The minimum Gasteiger partial charge on any atom is -0.494 e. The molecule has 0 saturated carbocycles. The van der Waals surface area contributed by atoms with Gasteiger partial charge in [0.2, 0.25) is 11.8 Å². The van der Waals surface area contributed by atoms with E-state index in [9.17, 15) is 9.59 Å². The van der Waals surface area contributed by atoms with Gasteiger partial charge in [-0.05, 0) is 88.0 Å². The number of rotatable bonds is 25. The molecule has 2 aromatic rings. The maximum atomic E-state index is 10.8. The third-order valence-electron chi connectivity index (χ3n) is 10.4. The van der Waals surface area contributed by atoms with E-state index in [2.05, 4.69) is 35.1 Å². The molecule has 2 amide bonds. The van der Waals surface area contributed by atoms with Crippen LogP contribution in [0, 0.1) is 12.0 Å². The molecule has 2 saturated heterocycles. The number of piperazine rings is 2. The van der Waals surface area contributed by atoms with Crippen LogP contribution >= 0.6 is 0 Å². The van der Waals surface area contributed by atoms with Gasteiger partial charge in [-0.1, -0.05) is 37.8 Å². The highest BCUT2D eigenvalue weighted by Gasteiger charge is 2.17. The summed E-state index contributed by atoms with van der Waals surface area (Å²) in [5.41, 5.74) is 6.83. The smallest absolute Gasteiger partial charge is 0.216 e. The van der Waals surface area contributed by atoms with Crippen LogP contribution in [0.2, 0.25) is 0 Å². The number of benzene rings is 2. The predicted molar refractivity (Wildman–Crippen MR) is 230 cm³/mol. The average molecular weight is 790 g/mol. The van der Waals surface area contributed by atoms with Crippen molar-refractivity contribution in [3.8, 4) is 11.5 Å². The summed E-state index contributed by atoms with van der Waals surface area (Å²) in [5, 5.41) is 13.1. The first-order valence-electron chi connectivity index (χ1n) is 21.3.